The summed E-state index contributed by atoms with van der Waals surface area (Å²) in [6, 6.07) is 16.8. The van der Waals surface area contributed by atoms with Gasteiger partial charge in [-0.05, 0) is 38.5 Å². The Morgan fingerprint density at radius 3 is 2.38 bits per heavy atom. The Kier molecular flexibility index (Phi) is 4.72. The van der Waals surface area contributed by atoms with Gasteiger partial charge in [0.25, 0.3) is 5.91 Å². The molecule has 24 heavy (non-hydrogen) atoms. The fourth-order valence-electron chi connectivity index (χ4n) is 3.27. The zero-order chi connectivity index (χ0) is 17.2. The number of carbonyl (C=O) groups is 1. The Bertz CT molecular complexity index is 713. The van der Waals surface area contributed by atoms with Crippen molar-refractivity contribution < 1.29 is 9.69 Å². The summed E-state index contributed by atoms with van der Waals surface area (Å²) in [5.41, 5.74) is 4.78. The molecule has 1 amide bonds. The van der Waals surface area contributed by atoms with Gasteiger partial charge < -0.3 is 10.2 Å². The van der Waals surface area contributed by atoms with Crippen molar-refractivity contribution in [1.29, 1.82) is 0 Å². The van der Waals surface area contributed by atoms with Crippen LogP contribution in [0.3, 0.4) is 0 Å². The maximum absolute atomic E-state index is 12.2. The number of rotatable bonds is 3. The van der Waals surface area contributed by atoms with E-state index in [2.05, 4.69) is 41.7 Å². The standard InChI is InChI=1S/C21H26N2O/c1-21(2,3)22-20(24)18-10-8-16(9-11-18)14-23-13-12-17-6-4-5-7-19(17)15-23/h4-11H,12-15H2,1-3H3,(H,22,24)/p+1. The molecule has 1 aliphatic rings. The van der Waals surface area contributed by atoms with Gasteiger partial charge in [0.2, 0.25) is 0 Å². The molecule has 1 unspecified atom stereocenters. The third-order valence-corrected chi connectivity index (χ3v) is 4.47. The number of amides is 1. The van der Waals surface area contributed by atoms with Crippen LogP contribution in [0.25, 0.3) is 0 Å². The highest BCUT2D eigenvalue weighted by molar-refractivity contribution is 5.94. The molecule has 3 heteroatoms. The number of hydrogen-bond donors (Lipinski definition) is 2. The molecule has 126 valence electrons. The van der Waals surface area contributed by atoms with E-state index in [1.807, 2.05) is 32.9 Å². The minimum Gasteiger partial charge on any atom is -0.347 e. The van der Waals surface area contributed by atoms with E-state index >= 15 is 0 Å². The molecule has 0 radical (unpaired) electrons. The average Bonchev–Trinajstić information content (AvgIpc) is 2.54. The van der Waals surface area contributed by atoms with E-state index in [1.165, 1.54) is 23.2 Å². The molecule has 0 saturated heterocycles. The second-order valence-corrected chi connectivity index (χ2v) is 7.77. The molecule has 3 nitrogen and oxygen atoms in total. The first kappa shape index (κ1) is 16.7. The third-order valence-electron chi connectivity index (χ3n) is 4.47. The van der Waals surface area contributed by atoms with Gasteiger partial charge in [-0.1, -0.05) is 36.4 Å². The minimum absolute atomic E-state index is 0.00621. The largest absolute Gasteiger partial charge is 0.347 e. The molecular formula is C21H27N2O+. The monoisotopic (exact) mass is 323 g/mol. The van der Waals surface area contributed by atoms with Crippen LogP contribution >= 0.6 is 0 Å². The van der Waals surface area contributed by atoms with Gasteiger partial charge in [0.15, 0.2) is 0 Å². The van der Waals surface area contributed by atoms with Crippen LogP contribution in [0.1, 0.15) is 47.8 Å². The summed E-state index contributed by atoms with van der Waals surface area (Å²) in [4.78, 5) is 13.8. The highest BCUT2D eigenvalue weighted by Crippen LogP contribution is 2.11. The summed E-state index contributed by atoms with van der Waals surface area (Å²) >= 11 is 0. The fraction of sp³-hybridized carbons (Fsp3) is 0.381. The van der Waals surface area contributed by atoms with Gasteiger partial charge in [-0.15, -0.1) is 0 Å². The van der Waals surface area contributed by atoms with Crippen LogP contribution in [-0.2, 0) is 19.5 Å². The fourth-order valence-corrected chi connectivity index (χ4v) is 3.27. The highest BCUT2D eigenvalue weighted by atomic mass is 16.1. The first-order valence-corrected chi connectivity index (χ1v) is 8.72. The molecule has 0 spiro atoms. The zero-order valence-electron chi connectivity index (χ0n) is 14.9. The van der Waals surface area contributed by atoms with E-state index in [4.69, 9.17) is 0 Å². The van der Waals surface area contributed by atoms with Crippen molar-refractivity contribution in [3.8, 4) is 0 Å². The van der Waals surface area contributed by atoms with Crippen molar-refractivity contribution >= 4 is 5.91 Å². The lowest BCUT2D eigenvalue weighted by molar-refractivity contribution is -0.929. The summed E-state index contributed by atoms with van der Waals surface area (Å²) in [7, 11) is 0. The van der Waals surface area contributed by atoms with Gasteiger partial charge >= 0.3 is 0 Å². The van der Waals surface area contributed by atoms with Gasteiger partial charge in [0, 0.05) is 28.7 Å². The molecule has 1 atom stereocenters. The molecule has 2 aromatic carbocycles. The average molecular weight is 323 g/mol. The lowest BCUT2D eigenvalue weighted by Gasteiger charge is -2.26. The Balaban J connectivity index is 1.62. The zero-order valence-corrected chi connectivity index (χ0v) is 14.9. The van der Waals surface area contributed by atoms with Crippen LogP contribution in [0.2, 0.25) is 0 Å². The van der Waals surface area contributed by atoms with Gasteiger partial charge in [-0.25, -0.2) is 0 Å². The summed E-state index contributed by atoms with van der Waals surface area (Å²) in [6.45, 7) is 9.26. The normalized spacial score (nSPS) is 17.2. The first-order chi connectivity index (χ1) is 11.4. The predicted molar refractivity (Wildman–Crippen MR) is 97.0 cm³/mol. The Hall–Kier alpha value is -2.13. The lowest BCUT2D eigenvalue weighted by Crippen LogP contribution is -3.10. The van der Waals surface area contributed by atoms with Crippen molar-refractivity contribution in [2.45, 2.75) is 45.8 Å². The van der Waals surface area contributed by atoms with E-state index in [1.54, 1.807) is 4.90 Å². The molecule has 1 heterocycles. The van der Waals surface area contributed by atoms with Gasteiger partial charge in [-0.2, -0.15) is 0 Å². The van der Waals surface area contributed by atoms with E-state index in [0.717, 1.165) is 25.1 Å². The van der Waals surface area contributed by atoms with Crippen LogP contribution < -0.4 is 10.2 Å². The predicted octanol–water partition coefficient (Wildman–Crippen LogP) is 2.36. The number of quaternary nitrogens is 1. The number of benzene rings is 2. The van der Waals surface area contributed by atoms with Gasteiger partial charge in [0.05, 0.1) is 6.54 Å². The highest BCUT2D eigenvalue weighted by Gasteiger charge is 2.19. The second-order valence-electron chi connectivity index (χ2n) is 7.77. The molecule has 2 aromatic rings. The van der Waals surface area contributed by atoms with Crippen LogP contribution in [0.4, 0.5) is 0 Å². The van der Waals surface area contributed by atoms with E-state index in [9.17, 15) is 4.79 Å². The topological polar surface area (TPSA) is 33.5 Å². The van der Waals surface area contributed by atoms with Crippen molar-refractivity contribution in [3.05, 3.63) is 70.8 Å². The molecule has 0 aromatic heterocycles. The van der Waals surface area contributed by atoms with Crippen molar-refractivity contribution in [2.75, 3.05) is 6.54 Å². The molecule has 3 rings (SSSR count). The SMILES string of the molecule is CC(C)(C)NC(=O)c1ccc(C[NH+]2CCc3ccccc3C2)cc1. The Morgan fingerprint density at radius 1 is 1.04 bits per heavy atom. The lowest BCUT2D eigenvalue weighted by atomic mass is 9.99. The summed E-state index contributed by atoms with van der Waals surface area (Å²) in [5, 5.41) is 3.00. The van der Waals surface area contributed by atoms with Gasteiger partial charge in [-0.3, -0.25) is 4.79 Å². The molecule has 2 N–H and O–H groups in total. The van der Waals surface area contributed by atoms with Crippen LogP contribution in [0.5, 0.6) is 0 Å². The molecule has 1 aliphatic heterocycles. The summed E-state index contributed by atoms with van der Waals surface area (Å²) in [5.74, 6) is -0.00621. The third kappa shape index (κ3) is 4.24. The van der Waals surface area contributed by atoms with Crippen molar-refractivity contribution in [3.63, 3.8) is 0 Å². The molecule has 0 saturated carbocycles. The van der Waals surface area contributed by atoms with Crippen molar-refractivity contribution in [1.82, 2.24) is 5.32 Å². The minimum atomic E-state index is -0.207. The second kappa shape index (κ2) is 6.78. The summed E-state index contributed by atoms with van der Waals surface area (Å²) in [6.07, 6.45) is 1.15. The Labute approximate surface area is 144 Å². The maximum atomic E-state index is 12.2. The molecule has 0 fully saturated rings. The Morgan fingerprint density at radius 2 is 1.71 bits per heavy atom. The van der Waals surface area contributed by atoms with E-state index in [-0.39, 0.29) is 11.4 Å². The molecule has 0 aliphatic carbocycles. The number of fused-ring (bicyclic) bond motifs is 1. The maximum Gasteiger partial charge on any atom is 0.251 e. The van der Waals surface area contributed by atoms with Crippen LogP contribution in [-0.4, -0.2) is 18.0 Å². The number of nitrogens with one attached hydrogen (secondary N) is 2. The number of hydrogen-bond acceptors (Lipinski definition) is 1. The van der Waals surface area contributed by atoms with Crippen LogP contribution in [0.15, 0.2) is 48.5 Å². The first-order valence-electron chi connectivity index (χ1n) is 8.72. The van der Waals surface area contributed by atoms with E-state index < -0.39 is 0 Å². The molecule has 0 bridgehead atoms. The summed E-state index contributed by atoms with van der Waals surface area (Å²) < 4.78 is 0. The quantitative estimate of drug-likeness (QED) is 0.893. The van der Waals surface area contributed by atoms with Crippen LogP contribution in [0, 0.1) is 0 Å². The molecular weight excluding hydrogens is 296 g/mol. The smallest absolute Gasteiger partial charge is 0.251 e. The number of carbonyl (C=O) groups excluding carboxylic acids is 1. The van der Waals surface area contributed by atoms with Gasteiger partial charge in [0.1, 0.15) is 13.1 Å². The van der Waals surface area contributed by atoms with E-state index in [0.29, 0.717) is 0 Å². The van der Waals surface area contributed by atoms with Crippen molar-refractivity contribution in [2.24, 2.45) is 0 Å².